The van der Waals surface area contributed by atoms with Gasteiger partial charge in [0.15, 0.2) is 0 Å². The van der Waals surface area contributed by atoms with Gasteiger partial charge in [-0.2, -0.15) is 9.57 Å². The van der Waals surface area contributed by atoms with Crippen molar-refractivity contribution in [3.05, 3.63) is 24.3 Å². The molecule has 2 rings (SSSR count). The van der Waals surface area contributed by atoms with E-state index in [1.807, 2.05) is 0 Å². The Hall–Kier alpha value is -1.72. The Labute approximate surface area is 128 Å². The highest BCUT2D eigenvalue weighted by atomic mass is 32.2. The minimum absolute atomic E-state index is 0.0901. The molecule has 0 N–H and O–H groups in total. The summed E-state index contributed by atoms with van der Waals surface area (Å²) in [6, 6.07) is 7.54. The Kier molecular flexibility index (Phi) is 5.32. The summed E-state index contributed by atoms with van der Waals surface area (Å²) in [6.07, 6.45) is -1.54. The average molecular weight is 330 g/mol. The van der Waals surface area contributed by atoms with Gasteiger partial charge in [0, 0.05) is 19.0 Å². The molecule has 5 nitrogen and oxygen atoms in total. The third-order valence-corrected chi connectivity index (χ3v) is 5.39. The monoisotopic (exact) mass is 330 g/mol. The molecule has 0 saturated carbocycles. The number of benzene rings is 1. The second-order valence-electron chi connectivity index (χ2n) is 4.98. The molecule has 1 aliphatic rings. The van der Waals surface area contributed by atoms with E-state index in [1.165, 1.54) is 28.6 Å². The van der Waals surface area contributed by atoms with E-state index in [2.05, 4.69) is 6.07 Å². The van der Waals surface area contributed by atoms with Gasteiger partial charge in [-0.05, 0) is 37.1 Å². The highest BCUT2D eigenvalue weighted by Gasteiger charge is 2.29. The molecule has 1 heterocycles. The maximum Gasteiger partial charge on any atom is 0.272 e. The van der Waals surface area contributed by atoms with Crippen molar-refractivity contribution in [3.8, 4) is 11.8 Å². The lowest BCUT2D eigenvalue weighted by atomic mass is 10.0. The van der Waals surface area contributed by atoms with Crippen molar-refractivity contribution in [2.45, 2.75) is 24.2 Å². The summed E-state index contributed by atoms with van der Waals surface area (Å²) in [5.41, 5.74) is 0. The second-order valence-corrected chi connectivity index (χ2v) is 6.92. The van der Waals surface area contributed by atoms with Crippen LogP contribution in [0.2, 0.25) is 0 Å². The molecule has 8 heteroatoms. The van der Waals surface area contributed by atoms with E-state index in [0.717, 1.165) is 0 Å². The zero-order valence-corrected chi connectivity index (χ0v) is 12.6. The van der Waals surface area contributed by atoms with Gasteiger partial charge < -0.3 is 4.74 Å². The largest absolute Gasteiger partial charge is 0.488 e. The number of ether oxygens (including phenoxy) is 1. The van der Waals surface area contributed by atoms with Gasteiger partial charge in [-0.3, -0.25) is 0 Å². The zero-order chi connectivity index (χ0) is 16.2. The smallest absolute Gasteiger partial charge is 0.272 e. The summed E-state index contributed by atoms with van der Waals surface area (Å²) in [4.78, 5) is 0.0901. The fourth-order valence-electron chi connectivity index (χ4n) is 2.24. The molecule has 0 unspecified atom stereocenters. The van der Waals surface area contributed by atoms with Crippen LogP contribution in [0, 0.1) is 17.2 Å². The van der Waals surface area contributed by atoms with Crippen LogP contribution in [0.3, 0.4) is 0 Å². The quantitative estimate of drug-likeness (QED) is 0.830. The van der Waals surface area contributed by atoms with Crippen molar-refractivity contribution < 1.29 is 21.9 Å². The maximum atomic E-state index is 12.4. The number of piperidine rings is 1. The Morgan fingerprint density at radius 1 is 1.27 bits per heavy atom. The van der Waals surface area contributed by atoms with Crippen molar-refractivity contribution in [1.82, 2.24) is 4.31 Å². The number of hydrogen-bond donors (Lipinski definition) is 0. The number of nitrogens with zero attached hydrogens (tertiary/aromatic N) is 2. The van der Waals surface area contributed by atoms with E-state index in [-0.39, 0.29) is 16.6 Å². The molecule has 0 amide bonds. The zero-order valence-electron chi connectivity index (χ0n) is 11.8. The van der Waals surface area contributed by atoms with E-state index in [9.17, 15) is 17.2 Å². The topological polar surface area (TPSA) is 70.4 Å². The molecule has 22 heavy (non-hydrogen) atoms. The van der Waals surface area contributed by atoms with Crippen LogP contribution >= 0.6 is 0 Å². The van der Waals surface area contributed by atoms with Crippen LogP contribution in [0.5, 0.6) is 5.75 Å². The number of alkyl halides is 2. The van der Waals surface area contributed by atoms with Crippen molar-refractivity contribution >= 4 is 10.0 Å². The molecule has 0 aromatic heterocycles. The minimum Gasteiger partial charge on any atom is -0.488 e. The van der Waals surface area contributed by atoms with Gasteiger partial charge in [0.2, 0.25) is 10.0 Å². The van der Waals surface area contributed by atoms with Crippen molar-refractivity contribution in [2.75, 3.05) is 19.7 Å². The van der Waals surface area contributed by atoms with E-state index >= 15 is 0 Å². The lowest BCUT2D eigenvalue weighted by Gasteiger charge is -2.28. The molecule has 0 bridgehead atoms. The Morgan fingerprint density at radius 2 is 1.86 bits per heavy atom. The number of rotatable bonds is 5. The molecule has 1 saturated heterocycles. The first-order valence-corrected chi connectivity index (χ1v) is 8.28. The van der Waals surface area contributed by atoms with Crippen LogP contribution in [0.25, 0.3) is 0 Å². The third-order valence-electron chi connectivity index (χ3n) is 3.47. The summed E-state index contributed by atoms with van der Waals surface area (Å²) in [5.74, 6) is 0.0963. The molecule has 120 valence electrons. The van der Waals surface area contributed by atoms with Gasteiger partial charge in [0.05, 0.1) is 11.0 Å². The average Bonchev–Trinajstić information content (AvgIpc) is 2.53. The van der Waals surface area contributed by atoms with Gasteiger partial charge in [-0.1, -0.05) is 0 Å². The van der Waals surface area contributed by atoms with Crippen LogP contribution in [0.4, 0.5) is 8.78 Å². The van der Waals surface area contributed by atoms with E-state index in [0.29, 0.717) is 25.9 Å². The lowest BCUT2D eigenvalue weighted by Crippen LogP contribution is -2.38. The predicted molar refractivity (Wildman–Crippen MR) is 75.0 cm³/mol. The van der Waals surface area contributed by atoms with Crippen molar-refractivity contribution in [2.24, 2.45) is 5.92 Å². The molecule has 1 aromatic carbocycles. The number of sulfonamides is 1. The Bertz CT molecular complexity index is 633. The molecule has 1 aliphatic heterocycles. The molecule has 0 spiro atoms. The summed E-state index contributed by atoms with van der Waals surface area (Å²) in [6.45, 7) is -0.109. The van der Waals surface area contributed by atoms with Crippen LogP contribution in [-0.2, 0) is 10.0 Å². The van der Waals surface area contributed by atoms with E-state index in [1.54, 1.807) is 0 Å². The molecular formula is C14H16F2N2O3S. The molecule has 0 atom stereocenters. The lowest BCUT2D eigenvalue weighted by molar-refractivity contribution is 0.0819. The van der Waals surface area contributed by atoms with Gasteiger partial charge in [0.25, 0.3) is 6.43 Å². The van der Waals surface area contributed by atoms with E-state index in [4.69, 9.17) is 10.00 Å². The normalized spacial score (nSPS) is 17.4. The van der Waals surface area contributed by atoms with Gasteiger partial charge in [-0.15, -0.1) is 0 Å². The van der Waals surface area contributed by atoms with Crippen molar-refractivity contribution in [3.63, 3.8) is 0 Å². The van der Waals surface area contributed by atoms with Crippen LogP contribution in [0.1, 0.15) is 12.8 Å². The fourth-order valence-corrected chi connectivity index (χ4v) is 3.71. The Balaban J connectivity index is 2.05. The maximum absolute atomic E-state index is 12.4. The highest BCUT2D eigenvalue weighted by Crippen LogP contribution is 2.24. The number of halogens is 2. The molecule has 1 fully saturated rings. The molecule has 1 aromatic rings. The summed E-state index contributed by atoms with van der Waals surface area (Å²) >= 11 is 0. The summed E-state index contributed by atoms with van der Waals surface area (Å²) in [7, 11) is -3.62. The van der Waals surface area contributed by atoms with E-state index < -0.39 is 23.1 Å². The first kappa shape index (κ1) is 16.6. The molecule has 0 aliphatic carbocycles. The number of nitriles is 1. The van der Waals surface area contributed by atoms with Gasteiger partial charge in [-0.25, -0.2) is 17.2 Å². The minimum atomic E-state index is -3.62. The highest BCUT2D eigenvalue weighted by molar-refractivity contribution is 7.89. The van der Waals surface area contributed by atoms with Crippen LogP contribution in [-0.4, -0.2) is 38.8 Å². The van der Waals surface area contributed by atoms with Gasteiger partial charge >= 0.3 is 0 Å². The standard InChI is InChI=1S/C14H16F2N2O3S/c15-14(16)10-21-12-1-3-13(4-2-12)22(19,20)18-7-5-11(9-17)6-8-18/h1-4,11,14H,5-8,10H2. The first-order valence-electron chi connectivity index (χ1n) is 6.84. The van der Waals surface area contributed by atoms with Gasteiger partial charge in [0.1, 0.15) is 12.4 Å². The van der Waals surface area contributed by atoms with Crippen LogP contribution in [0.15, 0.2) is 29.2 Å². The molecular weight excluding hydrogens is 314 g/mol. The van der Waals surface area contributed by atoms with Crippen LogP contribution < -0.4 is 4.74 Å². The number of hydrogen-bond acceptors (Lipinski definition) is 4. The Morgan fingerprint density at radius 3 is 2.36 bits per heavy atom. The second kappa shape index (κ2) is 7.03. The summed E-state index contributed by atoms with van der Waals surface area (Å²) in [5, 5.41) is 8.83. The fraction of sp³-hybridized carbons (Fsp3) is 0.500. The predicted octanol–water partition coefficient (Wildman–Crippen LogP) is 2.25. The third kappa shape index (κ3) is 3.93. The SMILES string of the molecule is N#CC1CCN(S(=O)(=O)c2ccc(OCC(F)F)cc2)CC1. The van der Waals surface area contributed by atoms with Crippen molar-refractivity contribution in [1.29, 1.82) is 5.26 Å². The molecule has 0 radical (unpaired) electrons. The first-order chi connectivity index (χ1) is 10.4. The summed E-state index contributed by atoms with van der Waals surface area (Å²) < 4.78 is 55.1.